The second-order valence-electron chi connectivity index (χ2n) is 5.41. The van der Waals surface area contributed by atoms with Gasteiger partial charge in [0.2, 0.25) is 0 Å². The summed E-state index contributed by atoms with van der Waals surface area (Å²) in [5, 5.41) is 0. The molecule has 1 aromatic rings. The minimum Gasteiger partial charge on any atom is -0.439 e. The molecule has 0 atom stereocenters. The Balaban J connectivity index is 3.30. The zero-order chi connectivity index (χ0) is 15.6. The number of benzene rings is 1. The van der Waals surface area contributed by atoms with E-state index in [0.29, 0.717) is 11.1 Å². The second kappa shape index (κ2) is 5.40. The fourth-order valence-electron chi connectivity index (χ4n) is 2.15. The van der Waals surface area contributed by atoms with Crippen LogP contribution in [0, 0.1) is 0 Å². The maximum absolute atomic E-state index is 11.0. The van der Waals surface area contributed by atoms with Crippen LogP contribution in [0.4, 0.5) is 9.59 Å². The quantitative estimate of drug-likeness (QED) is 0.883. The molecule has 0 aliphatic rings. The number of carbonyl (C=O) groups excluding carboxylic acids is 2. The van der Waals surface area contributed by atoms with Gasteiger partial charge in [-0.25, -0.2) is 9.59 Å². The maximum atomic E-state index is 11.0. The standard InChI is InChI=1S/C14H20N2O4/c1-13(2,19-11(15)17)9-7-5-6-8-10(9)14(3,4)20-12(16)18/h5-8H,1-4H3,(H2,15,17)(H2,16,18). The Labute approximate surface area is 118 Å². The smallest absolute Gasteiger partial charge is 0.405 e. The van der Waals surface area contributed by atoms with Crippen LogP contribution in [0.3, 0.4) is 0 Å². The Kier molecular flexibility index (Phi) is 4.27. The second-order valence-corrected chi connectivity index (χ2v) is 5.41. The molecular weight excluding hydrogens is 260 g/mol. The molecule has 20 heavy (non-hydrogen) atoms. The number of amides is 2. The third kappa shape index (κ3) is 3.63. The van der Waals surface area contributed by atoms with Gasteiger partial charge in [-0.2, -0.15) is 0 Å². The molecule has 1 aromatic carbocycles. The molecule has 0 aromatic heterocycles. The Morgan fingerprint density at radius 3 is 1.40 bits per heavy atom. The highest BCUT2D eigenvalue weighted by atomic mass is 16.6. The SMILES string of the molecule is CC(C)(OC(N)=O)c1ccccc1C(C)(C)OC(N)=O. The fraction of sp³-hybridized carbons (Fsp3) is 0.429. The number of primary amides is 2. The summed E-state index contributed by atoms with van der Waals surface area (Å²) in [5.41, 5.74) is 9.63. The molecule has 1 rings (SSSR count). The van der Waals surface area contributed by atoms with Gasteiger partial charge in [0.1, 0.15) is 11.2 Å². The zero-order valence-electron chi connectivity index (χ0n) is 12.1. The van der Waals surface area contributed by atoms with E-state index in [0.717, 1.165) is 0 Å². The highest BCUT2D eigenvalue weighted by molar-refractivity contribution is 5.66. The molecule has 2 amide bonds. The van der Waals surface area contributed by atoms with Crippen LogP contribution in [0.25, 0.3) is 0 Å². The van der Waals surface area contributed by atoms with E-state index in [1.165, 1.54) is 0 Å². The van der Waals surface area contributed by atoms with Crippen molar-refractivity contribution < 1.29 is 19.1 Å². The number of hydrogen-bond acceptors (Lipinski definition) is 4. The van der Waals surface area contributed by atoms with E-state index in [-0.39, 0.29) is 0 Å². The molecule has 0 aliphatic heterocycles. The van der Waals surface area contributed by atoms with Gasteiger partial charge >= 0.3 is 12.2 Å². The number of nitrogens with two attached hydrogens (primary N) is 2. The fourth-order valence-corrected chi connectivity index (χ4v) is 2.15. The lowest BCUT2D eigenvalue weighted by atomic mass is 9.85. The van der Waals surface area contributed by atoms with Gasteiger partial charge in [-0.15, -0.1) is 0 Å². The van der Waals surface area contributed by atoms with Crippen LogP contribution in [-0.4, -0.2) is 12.2 Å². The highest BCUT2D eigenvalue weighted by Gasteiger charge is 2.34. The molecule has 0 bridgehead atoms. The molecule has 0 radical (unpaired) electrons. The maximum Gasteiger partial charge on any atom is 0.405 e. The number of carbonyl (C=O) groups is 2. The van der Waals surface area contributed by atoms with Crippen LogP contribution >= 0.6 is 0 Å². The van der Waals surface area contributed by atoms with Gasteiger partial charge < -0.3 is 20.9 Å². The third-order valence-electron chi connectivity index (χ3n) is 2.94. The number of rotatable bonds is 4. The molecule has 6 nitrogen and oxygen atoms in total. The molecule has 0 aliphatic carbocycles. The molecule has 0 heterocycles. The molecule has 110 valence electrons. The van der Waals surface area contributed by atoms with Gasteiger partial charge in [-0.1, -0.05) is 24.3 Å². The van der Waals surface area contributed by atoms with Crippen LogP contribution in [-0.2, 0) is 20.7 Å². The molecule has 0 saturated heterocycles. The lowest BCUT2D eigenvalue weighted by molar-refractivity contribution is 0.0236. The lowest BCUT2D eigenvalue weighted by Crippen LogP contribution is -2.35. The van der Waals surface area contributed by atoms with Gasteiger partial charge in [-0.05, 0) is 27.7 Å². The summed E-state index contributed by atoms with van der Waals surface area (Å²) >= 11 is 0. The van der Waals surface area contributed by atoms with E-state index < -0.39 is 23.4 Å². The first-order chi connectivity index (χ1) is 9.06. The van der Waals surface area contributed by atoms with E-state index in [1.807, 2.05) is 0 Å². The van der Waals surface area contributed by atoms with Crippen LogP contribution in [0.1, 0.15) is 38.8 Å². The van der Waals surface area contributed by atoms with Crippen molar-refractivity contribution in [2.45, 2.75) is 38.9 Å². The van der Waals surface area contributed by atoms with Crippen LogP contribution in [0.2, 0.25) is 0 Å². The molecule has 0 fully saturated rings. The average molecular weight is 280 g/mol. The predicted molar refractivity (Wildman–Crippen MR) is 73.8 cm³/mol. The minimum absolute atomic E-state index is 0.685. The van der Waals surface area contributed by atoms with Crippen molar-refractivity contribution in [2.24, 2.45) is 11.5 Å². The molecule has 6 heteroatoms. The van der Waals surface area contributed by atoms with Gasteiger partial charge in [0.05, 0.1) is 0 Å². The third-order valence-corrected chi connectivity index (χ3v) is 2.94. The van der Waals surface area contributed by atoms with Gasteiger partial charge in [-0.3, -0.25) is 0 Å². The molecular formula is C14H20N2O4. The van der Waals surface area contributed by atoms with Crippen molar-refractivity contribution in [1.29, 1.82) is 0 Å². The van der Waals surface area contributed by atoms with E-state index >= 15 is 0 Å². The minimum atomic E-state index is -0.958. The number of ether oxygens (including phenoxy) is 2. The van der Waals surface area contributed by atoms with E-state index in [2.05, 4.69) is 0 Å². The largest absolute Gasteiger partial charge is 0.439 e. The summed E-state index contributed by atoms with van der Waals surface area (Å²) in [6, 6.07) is 7.16. The van der Waals surface area contributed by atoms with E-state index in [9.17, 15) is 9.59 Å². The lowest BCUT2D eigenvalue weighted by Gasteiger charge is -2.33. The summed E-state index contributed by atoms with van der Waals surface area (Å²) in [6.07, 6.45) is -1.75. The van der Waals surface area contributed by atoms with Crippen molar-refractivity contribution in [3.8, 4) is 0 Å². The Hall–Kier alpha value is -2.24. The van der Waals surface area contributed by atoms with Gasteiger partial charge in [0, 0.05) is 11.1 Å². The summed E-state index contributed by atoms with van der Waals surface area (Å²) in [4.78, 5) is 22.0. The number of hydrogen-bond donors (Lipinski definition) is 2. The van der Waals surface area contributed by atoms with Gasteiger partial charge in [0.15, 0.2) is 0 Å². The van der Waals surface area contributed by atoms with Crippen molar-refractivity contribution >= 4 is 12.2 Å². The van der Waals surface area contributed by atoms with Crippen molar-refractivity contribution in [3.05, 3.63) is 35.4 Å². The summed E-state index contributed by atoms with van der Waals surface area (Å²) in [6.45, 7) is 6.82. The van der Waals surface area contributed by atoms with Gasteiger partial charge in [0.25, 0.3) is 0 Å². The first-order valence-electron chi connectivity index (χ1n) is 6.13. The van der Waals surface area contributed by atoms with Crippen molar-refractivity contribution in [1.82, 2.24) is 0 Å². The van der Waals surface area contributed by atoms with Crippen molar-refractivity contribution in [3.63, 3.8) is 0 Å². The van der Waals surface area contributed by atoms with Crippen LogP contribution in [0.5, 0.6) is 0 Å². The Morgan fingerprint density at radius 2 is 1.15 bits per heavy atom. The van der Waals surface area contributed by atoms with Crippen LogP contribution in [0.15, 0.2) is 24.3 Å². The topological polar surface area (TPSA) is 105 Å². The highest BCUT2D eigenvalue weighted by Crippen LogP contribution is 2.35. The zero-order valence-corrected chi connectivity index (χ0v) is 12.1. The predicted octanol–water partition coefficient (Wildman–Crippen LogP) is 2.35. The summed E-state index contributed by atoms with van der Waals surface area (Å²) in [7, 11) is 0. The van der Waals surface area contributed by atoms with Crippen LogP contribution < -0.4 is 11.5 Å². The first-order valence-corrected chi connectivity index (χ1v) is 6.13. The summed E-state index contributed by atoms with van der Waals surface area (Å²) < 4.78 is 10.3. The monoisotopic (exact) mass is 280 g/mol. The molecule has 0 spiro atoms. The summed E-state index contributed by atoms with van der Waals surface area (Å²) in [5.74, 6) is 0. The molecule has 0 unspecified atom stereocenters. The molecule has 4 N–H and O–H groups in total. The Morgan fingerprint density at radius 1 is 0.850 bits per heavy atom. The normalized spacial score (nSPS) is 11.8. The van der Waals surface area contributed by atoms with Crippen molar-refractivity contribution in [2.75, 3.05) is 0 Å². The van der Waals surface area contributed by atoms with E-state index in [4.69, 9.17) is 20.9 Å². The first kappa shape index (κ1) is 15.8. The average Bonchev–Trinajstić information content (AvgIpc) is 2.25. The Bertz CT molecular complexity index is 477. The molecule has 0 saturated carbocycles. The van der Waals surface area contributed by atoms with E-state index in [1.54, 1.807) is 52.0 Å².